The number of allylic oxidation sites excluding steroid dienone is 4. The Morgan fingerprint density at radius 1 is 1.30 bits per heavy atom. The molecule has 6 nitrogen and oxygen atoms in total. The van der Waals surface area contributed by atoms with Gasteiger partial charge in [-0.25, -0.2) is 4.39 Å². The zero-order valence-corrected chi connectivity index (χ0v) is 18.0. The Labute approximate surface area is 185 Å². The van der Waals surface area contributed by atoms with Crippen molar-refractivity contribution in [2.75, 3.05) is 13.2 Å². The topological polar surface area (TPSA) is 93.5 Å². The molecule has 1 aromatic carbocycles. The molecule has 0 saturated heterocycles. The molecule has 0 bridgehead atoms. The summed E-state index contributed by atoms with van der Waals surface area (Å²) >= 11 is 6.69. The van der Waals surface area contributed by atoms with Crippen LogP contribution in [0.15, 0.2) is 66.3 Å². The van der Waals surface area contributed by atoms with Crippen LogP contribution in [0.3, 0.4) is 0 Å². The van der Waals surface area contributed by atoms with Crippen LogP contribution in [0.2, 0.25) is 5.02 Å². The maximum absolute atomic E-state index is 13.3. The van der Waals surface area contributed by atoms with Gasteiger partial charge in [0, 0.05) is 29.6 Å². The van der Waals surface area contributed by atoms with Crippen LogP contribution in [0.5, 0.6) is 5.75 Å². The maximum atomic E-state index is 13.3. The molecule has 0 fully saturated rings. The van der Waals surface area contributed by atoms with Crippen molar-refractivity contribution in [3.05, 3.63) is 77.1 Å². The highest BCUT2D eigenvalue weighted by molar-refractivity contribution is 8.01. The Balaban J connectivity index is 2.20. The monoisotopic (exact) mass is 453 g/mol. The number of carbonyl (C=O) groups excluding carboxylic acids is 2. The first-order chi connectivity index (χ1) is 14.3. The van der Waals surface area contributed by atoms with Gasteiger partial charge in [-0.2, -0.15) is 0 Å². The van der Waals surface area contributed by atoms with E-state index in [2.05, 4.69) is 23.8 Å². The lowest BCUT2D eigenvalue weighted by atomic mass is 10.2. The van der Waals surface area contributed by atoms with Gasteiger partial charge in [-0.3, -0.25) is 14.7 Å². The van der Waals surface area contributed by atoms with Crippen LogP contribution in [0.25, 0.3) is 0 Å². The highest BCUT2D eigenvalue weighted by atomic mass is 35.5. The van der Waals surface area contributed by atoms with Crippen molar-refractivity contribution in [3.63, 3.8) is 0 Å². The second-order valence-electron chi connectivity index (χ2n) is 5.97. The van der Waals surface area contributed by atoms with Crippen molar-refractivity contribution in [2.45, 2.75) is 19.3 Å². The molecule has 0 saturated carbocycles. The number of benzene rings is 1. The van der Waals surface area contributed by atoms with Crippen molar-refractivity contribution in [2.24, 2.45) is 5.14 Å². The van der Waals surface area contributed by atoms with Gasteiger partial charge in [0.2, 0.25) is 5.91 Å². The molecule has 0 radical (unpaired) electrons. The molecule has 0 atom stereocenters. The van der Waals surface area contributed by atoms with E-state index in [-0.39, 0.29) is 29.7 Å². The Morgan fingerprint density at radius 3 is 2.73 bits per heavy atom. The van der Waals surface area contributed by atoms with Gasteiger partial charge < -0.3 is 15.4 Å². The minimum Gasteiger partial charge on any atom is -0.484 e. The second-order valence-corrected chi connectivity index (χ2v) is 7.09. The number of ether oxygens (including phenoxy) is 1. The molecule has 2 amide bonds. The largest absolute Gasteiger partial charge is 0.484 e. The summed E-state index contributed by atoms with van der Waals surface area (Å²) in [5, 5.41) is 10.7. The minimum absolute atomic E-state index is 0.0288. The first kappa shape index (κ1) is 25.5. The van der Waals surface area contributed by atoms with Crippen LogP contribution in [-0.4, -0.2) is 25.0 Å². The summed E-state index contributed by atoms with van der Waals surface area (Å²) in [7, 11) is 0. The average molecular weight is 454 g/mol. The molecule has 0 aliphatic rings. The summed E-state index contributed by atoms with van der Waals surface area (Å²) in [5.74, 6) is -1.05. The molecule has 0 aromatic heterocycles. The molecule has 0 aliphatic carbocycles. The van der Waals surface area contributed by atoms with Gasteiger partial charge >= 0.3 is 0 Å². The number of nitrogens with one attached hydrogen (secondary N) is 2. The molecule has 9 heteroatoms. The fraction of sp³-hybridized carbons (Fsp3) is 0.238. The van der Waals surface area contributed by atoms with Crippen molar-refractivity contribution in [1.29, 1.82) is 0 Å². The third-order valence-electron chi connectivity index (χ3n) is 3.60. The van der Waals surface area contributed by atoms with Gasteiger partial charge in [0.1, 0.15) is 11.6 Å². The molecule has 0 heterocycles. The zero-order valence-electron chi connectivity index (χ0n) is 16.5. The van der Waals surface area contributed by atoms with E-state index >= 15 is 0 Å². The van der Waals surface area contributed by atoms with Crippen molar-refractivity contribution < 1.29 is 18.7 Å². The number of carbonyl (C=O) groups is 2. The van der Waals surface area contributed by atoms with E-state index in [0.29, 0.717) is 25.1 Å². The SMILES string of the molecule is C=C/C(=C\C=C\CCNC(=O)CCC(=C)NC(=O)COc1ccc(Cl)c(F)c1)SN. The number of nitrogens with two attached hydrogens (primary N) is 1. The summed E-state index contributed by atoms with van der Waals surface area (Å²) in [5.41, 5.74) is 0.391. The summed E-state index contributed by atoms with van der Waals surface area (Å²) in [6.07, 6.45) is 8.40. The Morgan fingerprint density at radius 2 is 2.07 bits per heavy atom. The van der Waals surface area contributed by atoms with Crippen LogP contribution < -0.4 is 20.5 Å². The number of rotatable bonds is 13. The van der Waals surface area contributed by atoms with E-state index in [1.54, 1.807) is 6.08 Å². The molecule has 162 valence electrons. The summed E-state index contributed by atoms with van der Waals surface area (Å²) < 4.78 is 18.5. The third-order valence-corrected chi connectivity index (χ3v) is 4.48. The van der Waals surface area contributed by atoms with Crippen LogP contribution in [0.4, 0.5) is 4.39 Å². The molecule has 1 rings (SSSR count). The van der Waals surface area contributed by atoms with Gasteiger partial charge in [-0.1, -0.05) is 43.0 Å². The number of hydrogen-bond donors (Lipinski definition) is 3. The average Bonchev–Trinajstić information content (AvgIpc) is 2.72. The number of hydrogen-bond acceptors (Lipinski definition) is 5. The van der Waals surface area contributed by atoms with Gasteiger partial charge in [-0.15, -0.1) is 0 Å². The van der Waals surface area contributed by atoms with E-state index in [0.717, 1.165) is 22.9 Å². The number of halogens is 2. The molecule has 0 spiro atoms. The number of amides is 2. The first-order valence-electron chi connectivity index (χ1n) is 9.04. The first-order valence-corrected chi connectivity index (χ1v) is 10.3. The Bertz CT molecular complexity index is 828. The second kappa shape index (κ2) is 14.4. The summed E-state index contributed by atoms with van der Waals surface area (Å²) in [6.45, 7) is 7.53. The standard InChI is InChI=1S/C21H25ClFN3O3S/c1-3-17(30-24)7-5-4-6-12-25-20(27)11-8-15(2)26-21(28)14-29-16-9-10-18(22)19(23)13-16/h3-5,7,9-10,13H,1-2,6,8,11-12,14,24H2,(H,25,27)(H,26,28)/b5-4+,17-7+. The summed E-state index contributed by atoms with van der Waals surface area (Å²) in [4.78, 5) is 24.5. The van der Waals surface area contributed by atoms with E-state index in [1.807, 2.05) is 18.2 Å². The Hall–Kier alpha value is -2.55. The predicted octanol–water partition coefficient (Wildman–Crippen LogP) is 4.01. The quantitative estimate of drug-likeness (QED) is 0.238. The van der Waals surface area contributed by atoms with Gasteiger partial charge in [0.05, 0.1) is 5.02 Å². The lowest BCUT2D eigenvalue weighted by Gasteiger charge is -2.10. The molecule has 0 unspecified atom stereocenters. The fourth-order valence-corrected chi connectivity index (χ4v) is 2.44. The van der Waals surface area contributed by atoms with Crippen molar-refractivity contribution in [1.82, 2.24) is 10.6 Å². The highest BCUT2D eigenvalue weighted by Crippen LogP contribution is 2.20. The third kappa shape index (κ3) is 10.8. The van der Waals surface area contributed by atoms with E-state index < -0.39 is 11.7 Å². The van der Waals surface area contributed by atoms with Crippen LogP contribution in [0, 0.1) is 5.82 Å². The van der Waals surface area contributed by atoms with Crippen LogP contribution >= 0.6 is 23.5 Å². The van der Waals surface area contributed by atoms with Crippen LogP contribution in [-0.2, 0) is 9.59 Å². The molecular formula is C21H25ClFN3O3S. The molecule has 30 heavy (non-hydrogen) atoms. The van der Waals surface area contributed by atoms with Crippen LogP contribution in [0.1, 0.15) is 19.3 Å². The maximum Gasteiger partial charge on any atom is 0.262 e. The van der Waals surface area contributed by atoms with Gasteiger partial charge in [-0.05, 0) is 43.0 Å². The zero-order chi connectivity index (χ0) is 22.4. The lowest BCUT2D eigenvalue weighted by molar-refractivity contribution is -0.123. The fourth-order valence-electron chi connectivity index (χ4n) is 2.07. The predicted molar refractivity (Wildman–Crippen MR) is 120 cm³/mol. The van der Waals surface area contributed by atoms with Gasteiger partial charge in [0.25, 0.3) is 5.91 Å². The van der Waals surface area contributed by atoms with E-state index in [1.165, 1.54) is 12.1 Å². The minimum atomic E-state index is -0.631. The Kier molecular flexibility index (Phi) is 12.3. The van der Waals surface area contributed by atoms with E-state index in [4.69, 9.17) is 21.5 Å². The molecule has 0 aliphatic heterocycles. The lowest BCUT2D eigenvalue weighted by Crippen LogP contribution is -2.29. The van der Waals surface area contributed by atoms with Gasteiger partial charge in [0.15, 0.2) is 6.61 Å². The molecule has 4 N–H and O–H groups in total. The molecular weight excluding hydrogens is 429 g/mol. The van der Waals surface area contributed by atoms with E-state index in [9.17, 15) is 14.0 Å². The van der Waals surface area contributed by atoms with Crippen molar-refractivity contribution >= 4 is 35.4 Å². The normalized spacial score (nSPS) is 11.2. The molecule has 1 aromatic rings. The highest BCUT2D eigenvalue weighted by Gasteiger charge is 2.08. The summed E-state index contributed by atoms with van der Waals surface area (Å²) in [6, 6.07) is 3.89. The smallest absolute Gasteiger partial charge is 0.262 e. The van der Waals surface area contributed by atoms with Crippen molar-refractivity contribution in [3.8, 4) is 5.75 Å².